The number of nitrogen functional groups attached to an aromatic ring is 1. The number of hydrogen-bond donors (Lipinski definition) is 1. The molecular weight excluding hydrogens is 366 g/mol. The molecular formula is C22H17N5O2. The van der Waals surface area contributed by atoms with Gasteiger partial charge in [-0.2, -0.15) is 0 Å². The number of imidazole rings is 1. The first-order valence-corrected chi connectivity index (χ1v) is 9.15. The maximum absolute atomic E-state index is 12.7. The number of fused-ring (bicyclic) bond motifs is 2. The molecule has 0 bridgehead atoms. The fourth-order valence-electron chi connectivity index (χ4n) is 3.64. The van der Waals surface area contributed by atoms with Gasteiger partial charge in [0.15, 0.2) is 11.5 Å². The highest BCUT2D eigenvalue weighted by Gasteiger charge is 2.18. The summed E-state index contributed by atoms with van der Waals surface area (Å²) in [6.07, 6.45) is 3.03. The van der Waals surface area contributed by atoms with Crippen molar-refractivity contribution in [2.75, 3.05) is 5.73 Å². The molecule has 142 valence electrons. The number of benzene rings is 2. The average Bonchev–Trinajstić information content (AvgIpc) is 3.12. The van der Waals surface area contributed by atoms with E-state index in [1.54, 1.807) is 17.0 Å². The van der Waals surface area contributed by atoms with E-state index in [4.69, 9.17) is 10.2 Å². The Morgan fingerprint density at radius 3 is 2.69 bits per heavy atom. The second kappa shape index (κ2) is 6.56. The summed E-state index contributed by atoms with van der Waals surface area (Å²) in [5, 5.41) is 1.40. The highest BCUT2D eigenvalue weighted by Crippen LogP contribution is 2.32. The van der Waals surface area contributed by atoms with Gasteiger partial charge in [0.1, 0.15) is 17.6 Å². The van der Waals surface area contributed by atoms with Gasteiger partial charge >= 0.3 is 5.63 Å². The number of nitrogens with two attached hydrogens (primary N) is 1. The van der Waals surface area contributed by atoms with Crippen molar-refractivity contribution in [3.05, 3.63) is 82.9 Å². The molecule has 2 aromatic carbocycles. The van der Waals surface area contributed by atoms with Crippen molar-refractivity contribution in [1.82, 2.24) is 19.5 Å². The molecule has 0 fully saturated rings. The Labute approximate surface area is 165 Å². The van der Waals surface area contributed by atoms with Crippen molar-refractivity contribution in [2.24, 2.45) is 0 Å². The molecule has 0 radical (unpaired) electrons. The maximum Gasteiger partial charge on any atom is 0.343 e. The molecule has 7 heteroatoms. The molecule has 29 heavy (non-hydrogen) atoms. The zero-order valence-corrected chi connectivity index (χ0v) is 15.7. The SMILES string of the molecule is Cc1cccc(-c2c(Cn3cnc4c(N)ncnc43)oc(=O)c3ccccc23)c1. The molecule has 0 saturated carbocycles. The zero-order valence-electron chi connectivity index (χ0n) is 15.7. The molecule has 3 aromatic heterocycles. The van der Waals surface area contributed by atoms with Crippen LogP contribution < -0.4 is 11.4 Å². The fraction of sp³-hybridized carbons (Fsp3) is 0.0909. The lowest BCUT2D eigenvalue weighted by Crippen LogP contribution is -2.09. The third-order valence-corrected chi connectivity index (χ3v) is 4.96. The number of hydrogen-bond acceptors (Lipinski definition) is 6. The van der Waals surface area contributed by atoms with E-state index < -0.39 is 0 Å². The normalized spacial score (nSPS) is 11.3. The third-order valence-electron chi connectivity index (χ3n) is 4.96. The standard InChI is InChI=1S/C22H17N5O2/c1-13-5-4-6-14(9-13)18-15-7-2-3-8-16(15)22(28)29-17(18)10-27-12-26-19-20(23)24-11-25-21(19)27/h2-9,11-12H,10H2,1H3,(H2,23,24,25). The van der Waals surface area contributed by atoms with Crippen LogP contribution in [0.1, 0.15) is 11.3 Å². The number of rotatable bonds is 3. The van der Waals surface area contributed by atoms with Crippen LogP contribution in [-0.2, 0) is 6.54 Å². The van der Waals surface area contributed by atoms with Gasteiger partial charge in [-0.3, -0.25) is 0 Å². The Balaban J connectivity index is 1.78. The van der Waals surface area contributed by atoms with E-state index >= 15 is 0 Å². The molecule has 0 atom stereocenters. The summed E-state index contributed by atoms with van der Waals surface area (Å²) < 4.78 is 7.59. The van der Waals surface area contributed by atoms with Gasteiger partial charge in [0.25, 0.3) is 0 Å². The van der Waals surface area contributed by atoms with Crippen LogP contribution in [0.3, 0.4) is 0 Å². The minimum atomic E-state index is -0.370. The zero-order chi connectivity index (χ0) is 20.0. The topological polar surface area (TPSA) is 99.8 Å². The Bertz CT molecular complexity index is 1430. The quantitative estimate of drug-likeness (QED) is 0.511. The molecule has 0 unspecified atom stereocenters. The van der Waals surface area contributed by atoms with Gasteiger partial charge in [0.05, 0.1) is 18.3 Å². The first-order chi connectivity index (χ1) is 14.1. The molecule has 7 nitrogen and oxygen atoms in total. The van der Waals surface area contributed by atoms with E-state index in [9.17, 15) is 4.79 Å². The first kappa shape index (κ1) is 17.1. The summed E-state index contributed by atoms with van der Waals surface area (Å²) in [5.74, 6) is 0.850. The van der Waals surface area contributed by atoms with Gasteiger partial charge in [-0.1, -0.05) is 48.0 Å². The molecule has 0 aliphatic heterocycles. The Kier molecular flexibility index (Phi) is 3.87. The minimum absolute atomic E-state index is 0.288. The lowest BCUT2D eigenvalue weighted by Gasteiger charge is -2.13. The van der Waals surface area contributed by atoms with Gasteiger partial charge in [0, 0.05) is 10.9 Å². The van der Waals surface area contributed by atoms with Crippen molar-refractivity contribution in [1.29, 1.82) is 0 Å². The molecule has 0 aliphatic rings. The van der Waals surface area contributed by atoms with E-state index in [1.165, 1.54) is 6.33 Å². The van der Waals surface area contributed by atoms with Crippen LogP contribution in [0.25, 0.3) is 33.1 Å². The van der Waals surface area contributed by atoms with Crippen LogP contribution in [0, 0.1) is 6.92 Å². The van der Waals surface area contributed by atoms with Crippen molar-refractivity contribution >= 4 is 27.8 Å². The summed E-state index contributed by atoms with van der Waals surface area (Å²) in [6.45, 7) is 2.32. The number of aryl methyl sites for hydroxylation is 1. The second-order valence-corrected chi connectivity index (χ2v) is 6.91. The predicted octanol–water partition coefficient (Wildman–Crippen LogP) is 3.54. The van der Waals surface area contributed by atoms with Gasteiger partial charge in [0.2, 0.25) is 0 Å². The van der Waals surface area contributed by atoms with Crippen LogP contribution in [0.2, 0.25) is 0 Å². The number of anilines is 1. The third kappa shape index (κ3) is 2.84. The second-order valence-electron chi connectivity index (χ2n) is 6.91. The van der Waals surface area contributed by atoms with Gasteiger partial charge < -0.3 is 14.7 Å². The summed E-state index contributed by atoms with van der Waals surface area (Å²) in [5.41, 5.74) is 9.63. The Morgan fingerprint density at radius 2 is 1.86 bits per heavy atom. The lowest BCUT2D eigenvalue weighted by atomic mass is 9.97. The van der Waals surface area contributed by atoms with Crippen LogP contribution in [0.15, 0.2) is 70.4 Å². The molecule has 0 spiro atoms. The van der Waals surface area contributed by atoms with Crippen molar-refractivity contribution in [3.8, 4) is 11.1 Å². The van der Waals surface area contributed by atoms with E-state index in [1.807, 2.05) is 43.3 Å². The molecule has 0 saturated heterocycles. The predicted molar refractivity (Wildman–Crippen MR) is 111 cm³/mol. The van der Waals surface area contributed by atoms with Crippen LogP contribution >= 0.6 is 0 Å². The molecule has 2 N–H and O–H groups in total. The largest absolute Gasteiger partial charge is 0.425 e. The van der Waals surface area contributed by atoms with Crippen LogP contribution in [0.4, 0.5) is 5.82 Å². The molecule has 0 amide bonds. The van der Waals surface area contributed by atoms with Crippen molar-refractivity contribution in [2.45, 2.75) is 13.5 Å². The summed E-state index contributed by atoms with van der Waals surface area (Å²) >= 11 is 0. The highest BCUT2D eigenvalue weighted by molar-refractivity contribution is 5.96. The minimum Gasteiger partial charge on any atom is -0.425 e. The van der Waals surface area contributed by atoms with Gasteiger partial charge in [-0.05, 0) is 18.6 Å². The lowest BCUT2D eigenvalue weighted by molar-refractivity contribution is 0.458. The summed E-state index contributed by atoms with van der Waals surface area (Å²) in [7, 11) is 0. The molecule has 3 heterocycles. The fourth-order valence-corrected chi connectivity index (χ4v) is 3.64. The van der Waals surface area contributed by atoms with Gasteiger partial charge in [-0.15, -0.1) is 0 Å². The van der Waals surface area contributed by atoms with Gasteiger partial charge in [-0.25, -0.2) is 19.7 Å². The van der Waals surface area contributed by atoms with E-state index in [2.05, 4.69) is 21.0 Å². The smallest absolute Gasteiger partial charge is 0.343 e. The van der Waals surface area contributed by atoms with Crippen LogP contribution in [-0.4, -0.2) is 19.5 Å². The highest BCUT2D eigenvalue weighted by atomic mass is 16.4. The van der Waals surface area contributed by atoms with E-state index in [-0.39, 0.29) is 12.2 Å². The Morgan fingerprint density at radius 1 is 1.03 bits per heavy atom. The summed E-state index contributed by atoms with van der Waals surface area (Å²) in [6, 6.07) is 15.6. The first-order valence-electron chi connectivity index (χ1n) is 9.15. The number of nitrogens with zero attached hydrogens (tertiary/aromatic N) is 4. The monoisotopic (exact) mass is 383 g/mol. The molecule has 5 rings (SSSR count). The Hall–Kier alpha value is -4.00. The average molecular weight is 383 g/mol. The maximum atomic E-state index is 12.7. The van der Waals surface area contributed by atoms with Crippen molar-refractivity contribution in [3.63, 3.8) is 0 Å². The molecule has 0 aliphatic carbocycles. The number of aromatic nitrogens is 4. The molecule has 5 aromatic rings. The van der Waals surface area contributed by atoms with E-state index in [0.29, 0.717) is 28.1 Å². The summed E-state index contributed by atoms with van der Waals surface area (Å²) in [4.78, 5) is 25.2. The van der Waals surface area contributed by atoms with E-state index in [0.717, 1.165) is 22.1 Å². The van der Waals surface area contributed by atoms with Crippen LogP contribution in [0.5, 0.6) is 0 Å². The van der Waals surface area contributed by atoms with Crippen molar-refractivity contribution < 1.29 is 4.42 Å².